The van der Waals surface area contributed by atoms with Crippen LogP contribution in [0.2, 0.25) is 0 Å². The molecule has 1 N–H and O–H groups in total. The SMILES string of the molecule is O=C1CN(Cc2cn(C[C@@H]3CCCN(C(=O)c4cccs4)C3)nn2)CCN1. The monoisotopic (exact) mass is 388 g/mol. The van der Waals surface area contributed by atoms with Crippen LogP contribution in [0.1, 0.15) is 28.2 Å². The number of nitrogens with one attached hydrogen (secondary N) is 1. The zero-order valence-electron chi connectivity index (χ0n) is 15.2. The molecule has 0 aromatic carbocycles. The fourth-order valence-electron chi connectivity index (χ4n) is 3.77. The number of likely N-dealkylation sites (tertiary alicyclic amines) is 1. The van der Waals surface area contributed by atoms with Gasteiger partial charge in [-0.2, -0.15) is 0 Å². The average Bonchev–Trinajstić information content (AvgIpc) is 3.34. The summed E-state index contributed by atoms with van der Waals surface area (Å²) in [6, 6.07) is 3.81. The van der Waals surface area contributed by atoms with E-state index in [9.17, 15) is 9.59 Å². The Morgan fingerprint density at radius 3 is 3.11 bits per heavy atom. The number of amides is 2. The number of carbonyl (C=O) groups excluding carboxylic acids is 2. The number of nitrogens with zero attached hydrogens (tertiary/aromatic N) is 5. The molecule has 2 aromatic rings. The lowest BCUT2D eigenvalue weighted by Crippen LogP contribution is -2.47. The first-order valence-corrected chi connectivity index (χ1v) is 10.3. The summed E-state index contributed by atoms with van der Waals surface area (Å²) in [7, 11) is 0. The molecule has 4 heterocycles. The molecule has 27 heavy (non-hydrogen) atoms. The van der Waals surface area contributed by atoms with E-state index in [1.54, 1.807) is 0 Å². The quantitative estimate of drug-likeness (QED) is 0.820. The Balaban J connectivity index is 1.32. The van der Waals surface area contributed by atoms with E-state index in [1.807, 2.05) is 33.3 Å². The lowest BCUT2D eigenvalue weighted by molar-refractivity contribution is -0.124. The van der Waals surface area contributed by atoms with E-state index in [2.05, 4.69) is 20.5 Å². The first-order chi connectivity index (χ1) is 13.2. The van der Waals surface area contributed by atoms with Gasteiger partial charge in [0.15, 0.2) is 0 Å². The molecular formula is C18H24N6O2S. The molecule has 2 amide bonds. The van der Waals surface area contributed by atoms with Crippen LogP contribution >= 0.6 is 11.3 Å². The van der Waals surface area contributed by atoms with E-state index in [0.717, 1.165) is 49.6 Å². The van der Waals surface area contributed by atoms with E-state index in [-0.39, 0.29) is 11.8 Å². The zero-order chi connectivity index (χ0) is 18.6. The van der Waals surface area contributed by atoms with Crippen LogP contribution in [0, 0.1) is 5.92 Å². The highest BCUT2D eigenvalue weighted by Crippen LogP contribution is 2.21. The molecule has 4 rings (SSSR count). The molecule has 2 aliphatic heterocycles. The summed E-state index contributed by atoms with van der Waals surface area (Å²) in [4.78, 5) is 28.9. The number of rotatable bonds is 5. The molecule has 9 heteroatoms. The zero-order valence-corrected chi connectivity index (χ0v) is 16.0. The van der Waals surface area contributed by atoms with E-state index in [0.29, 0.717) is 25.6 Å². The summed E-state index contributed by atoms with van der Waals surface area (Å²) < 4.78 is 1.88. The van der Waals surface area contributed by atoms with Gasteiger partial charge in [0.05, 0.1) is 17.1 Å². The molecule has 0 saturated carbocycles. The maximum absolute atomic E-state index is 12.6. The Bertz CT molecular complexity index is 790. The van der Waals surface area contributed by atoms with Gasteiger partial charge in [-0.05, 0) is 30.2 Å². The number of aromatic nitrogens is 3. The standard InChI is InChI=1S/C18H24N6O2S/c25-17-13-22(7-5-19-17)11-15-12-24(21-20-15)10-14-3-1-6-23(9-14)18(26)16-4-2-8-27-16/h2,4,8,12,14H,1,3,5-7,9-11,13H2,(H,19,25)/t14-/m1/s1. The van der Waals surface area contributed by atoms with Crippen molar-refractivity contribution in [2.45, 2.75) is 25.9 Å². The summed E-state index contributed by atoms with van der Waals surface area (Å²) >= 11 is 1.50. The highest BCUT2D eigenvalue weighted by Gasteiger charge is 2.25. The maximum Gasteiger partial charge on any atom is 0.263 e. The van der Waals surface area contributed by atoms with E-state index in [1.165, 1.54) is 11.3 Å². The van der Waals surface area contributed by atoms with Crippen LogP contribution in [0.4, 0.5) is 0 Å². The van der Waals surface area contributed by atoms with Gasteiger partial charge in [0, 0.05) is 45.5 Å². The van der Waals surface area contributed by atoms with Gasteiger partial charge in [-0.1, -0.05) is 11.3 Å². The Hall–Kier alpha value is -2.26. The fraction of sp³-hybridized carbons (Fsp3) is 0.556. The van der Waals surface area contributed by atoms with Gasteiger partial charge in [0.25, 0.3) is 5.91 Å². The third-order valence-corrected chi connectivity index (χ3v) is 5.93. The van der Waals surface area contributed by atoms with Crippen LogP contribution in [-0.4, -0.2) is 69.3 Å². The van der Waals surface area contributed by atoms with E-state index < -0.39 is 0 Å². The van der Waals surface area contributed by atoms with Crippen LogP contribution in [-0.2, 0) is 17.9 Å². The van der Waals surface area contributed by atoms with Crippen molar-refractivity contribution >= 4 is 23.2 Å². The molecule has 0 spiro atoms. The fourth-order valence-corrected chi connectivity index (χ4v) is 4.47. The van der Waals surface area contributed by atoms with Crippen molar-refractivity contribution in [1.82, 2.24) is 30.1 Å². The minimum Gasteiger partial charge on any atom is -0.354 e. The predicted molar refractivity (Wildman–Crippen MR) is 101 cm³/mol. The Labute approximate surface area is 162 Å². The summed E-state index contributed by atoms with van der Waals surface area (Å²) in [5, 5.41) is 13.3. The highest BCUT2D eigenvalue weighted by molar-refractivity contribution is 7.12. The second kappa shape index (κ2) is 8.18. The minimum absolute atomic E-state index is 0.0614. The summed E-state index contributed by atoms with van der Waals surface area (Å²) in [5.41, 5.74) is 0.882. The molecule has 0 unspecified atom stereocenters. The molecule has 0 aliphatic carbocycles. The molecule has 2 aromatic heterocycles. The lowest BCUT2D eigenvalue weighted by Gasteiger charge is -2.32. The normalized spacial score (nSPS) is 21.3. The minimum atomic E-state index is 0.0614. The van der Waals surface area contributed by atoms with Crippen molar-refractivity contribution in [3.8, 4) is 0 Å². The molecule has 144 valence electrons. The second-order valence-electron chi connectivity index (χ2n) is 7.23. The molecule has 2 aliphatic rings. The van der Waals surface area contributed by atoms with Gasteiger partial charge in [0.1, 0.15) is 0 Å². The first-order valence-electron chi connectivity index (χ1n) is 9.38. The topological polar surface area (TPSA) is 83.4 Å². The van der Waals surface area contributed by atoms with Crippen LogP contribution in [0.3, 0.4) is 0 Å². The van der Waals surface area contributed by atoms with Gasteiger partial charge in [0.2, 0.25) is 5.91 Å². The summed E-state index contributed by atoms with van der Waals surface area (Å²) in [5.74, 6) is 0.585. The van der Waals surface area contributed by atoms with Crippen LogP contribution in [0.15, 0.2) is 23.7 Å². The third kappa shape index (κ3) is 4.54. The van der Waals surface area contributed by atoms with Gasteiger partial charge in [-0.3, -0.25) is 19.2 Å². The molecule has 0 radical (unpaired) electrons. The second-order valence-corrected chi connectivity index (χ2v) is 8.18. The summed E-state index contributed by atoms with van der Waals surface area (Å²) in [6.45, 7) is 4.92. The van der Waals surface area contributed by atoms with E-state index in [4.69, 9.17) is 0 Å². The van der Waals surface area contributed by atoms with Gasteiger partial charge in [-0.25, -0.2) is 0 Å². The van der Waals surface area contributed by atoms with Crippen LogP contribution in [0.5, 0.6) is 0 Å². The number of thiophene rings is 1. The van der Waals surface area contributed by atoms with Crippen LogP contribution < -0.4 is 5.32 Å². The number of carbonyl (C=O) groups is 2. The first kappa shape index (κ1) is 18.1. The van der Waals surface area contributed by atoms with Crippen molar-refractivity contribution in [2.24, 2.45) is 5.92 Å². The lowest BCUT2D eigenvalue weighted by atomic mass is 9.98. The number of hydrogen-bond donors (Lipinski definition) is 1. The van der Waals surface area contributed by atoms with Crippen molar-refractivity contribution < 1.29 is 9.59 Å². The Kier molecular flexibility index (Phi) is 5.49. The van der Waals surface area contributed by atoms with Gasteiger partial charge in [-0.15, -0.1) is 16.4 Å². The largest absolute Gasteiger partial charge is 0.354 e. The average molecular weight is 388 g/mol. The van der Waals surface area contributed by atoms with Crippen LogP contribution in [0.25, 0.3) is 0 Å². The third-order valence-electron chi connectivity index (χ3n) is 5.07. The summed E-state index contributed by atoms with van der Waals surface area (Å²) in [6.07, 6.45) is 4.08. The Morgan fingerprint density at radius 1 is 1.37 bits per heavy atom. The molecular weight excluding hydrogens is 364 g/mol. The number of piperazine rings is 1. The van der Waals surface area contributed by atoms with Gasteiger partial charge < -0.3 is 10.2 Å². The molecule has 2 fully saturated rings. The van der Waals surface area contributed by atoms with Crippen molar-refractivity contribution in [3.63, 3.8) is 0 Å². The number of hydrogen-bond acceptors (Lipinski definition) is 6. The molecule has 8 nitrogen and oxygen atoms in total. The molecule has 1 atom stereocenters. The Morgan fingerprint density at radius 2 is 2.30 bits per heavy atom. The predicted octanol–water partition coefficient (Wildman–Crippen LogP) is 0.824. The van der Waals surface area contributed by atoms with Crippen molar-refractivity contribution in [1.29, 1.82) is 0 Å². The molecule has 2 saturated heterocycles. The smallest absolute Gasteiger partial charge is 0.263 e. The van der Waals surface area contributed by atoms with Crippen molar-refractivity contribution in [3.05, 3.63) is 34.3 Å². The number of piperidine rings is 1. The van der Waals surface area contributed by atoms with E-state index >= 15 is 0 Å². The highest BCUT2D eigenvalue weighted by atomic mass is 32.1. The van der Waals surface area contributed by atoms with Gasteiger partial charge >= 0.3 is 0 Å². The maximum atomic E-state index is 12.6. The van der Waals surface area contributed by atoms with Crippen molar-refractivity contribution in [2.75, 3.05) is 32.7 Å². The molecule has 0 bridgehead atoms.